The molecule has 3 aromatic carbocycles. The zero-order chi connectivity index (χ0) is 23.8. The van der Waals surface area contributed by atoms with E-state index in [2.05, 4.69) is 4.57 Å². The van der Waals surface area contributed by atoms with Crippen LogP contribution in [0, 0.1) is 5.82 Å². The van der Waals surface area contributed by atoms with Gasteiger partial charge >= 0.3 is 0 Å². The first-order valence-corrected chi connectivity index (χ1v) is 12.0. The number of aromatic nitrogens is 1. The molecule has 5 rings (SSSR count). The van der Waals surface area contributed by atoms with E-state index in [4.69, 9.17) is 23.2 Å². The largest absolute Gasteiger partial charge is 0.342 e. The zero-order valence-electron chi connectivity index (χ0n) is 17.7. The van der Waals surface area contributed by atoms with Gasteiger partial charge in [-0.15, -0.1) is 0 Å². The fourth-order valence-corrected chi connectivity index (χ4v) is 5.09. The van der Waals surface area contributed by atoms with Gasteiger partial charge in [0.2, 0.25) is 0 Å². The second-order valence-electron chi connectivity index (χ2n) is 7.86. The lowest BCUT2D eigenvalue weighted by Crippen LogP contribution is -2.27. The minimum atomic E-state index is -0.474. The lowest BCUT2D eigenvalue weighted by molar-refractivity contribution is -0.123. The van der Waals surface area contributed by atoms with Gasteiger partial charge in [-0.3, -0.25) is 14.5 Å². The van der Waals surface area contributed by atoms with Crippen LogP contribution in [0.3, 0.4) is 0 Å². The molecule has 0 radical (unpaired) electrons. The number of fused-ring (bicyclic) bond motifs is 1. The van der Waals surface area contributed by atoms with Gasteiger partial charge in [-0.25, -0.2) is 4.39 Å². The lowest BCUT2D eigenvalue weighted by Gasteiger charge is -2.13. The summed E-state index contributed by atoms with van der Waals surface area (Å²) in [6.07, 6.45) is 3.72. The van der Waals surface area contributed by atoms with Crippen molar-refractivity contribution < 1.29 is 14.0 Å². The molecular formula is C26H17Cl2FN2O2S. The van der Waals surface area contributed by atoms with Crippen molar-refractivity contribution in [2.45, 2.75) is 13.1 Å². The van der Waals surface area contributed by atoms with Crippen molar-refractivity contribution in [1.82, 2.24) is 9.47 Å². The van der Waals surface area contributed by atoms with E-state index in [1.807, 2.05) is 54.7 Å². The highest BCUT2D eigenvalue weighted by Gasteiger charge is 2.35. The maximum Gasteiger partial charge on any atom is 0.293 e. The van der Waals surface area contributed by atoms with Crippen molar-refractivity contribution in [2.24, 2.45) is 0 Å². The fourth-order valence-electron chi connectivity index (χ4n) is 3.91. The van der Waals surface area contributed by atoms with Gasteiger partial charge in [-0.05, 0) is 59.3 Å². The standard InChI is InChI=1S/C26H17Cl2FN2O2S/c27-19-8-5-16(6-9-19)13-30-14-18(21-3-1-2-4-23(21)30)11-24-25(32)31(26(33)34-24)15-17-7-10-20(29)12-22(17)28/h1-12,14H,13,15H2/b24-11-. The van der Waals surface area contributed by atoms with Crippen molar-refractivity contribution in [3.8, 4) is 0 Å². The van der Waals surface area contributed by atoms with Crippen molar-refractivity contribution >= 4 is 63.1 Å². The third kappa shape index (κ3) is 4.49. The fraction of sp³-hybridized carbons (Fsp3) is 0.0769. The molecule has 0 aliphatic carbocycles. The number of hydrogen-bond donors (Lipinski definition) is 0. The number of imide groups is 1. The molecular weight excluding hydrogens is 494 g/mol. The highest BCUT2D eigenvalue weighted by molar-refractivity contribution is 8.18. The number of hydrogen-bond acceptors (Lipinski definition) is 3. The summed E-state index contributed by atoms with van der Waals surface area (Å²) < 4.78 is 15.5. The van der Waals surface area contributed by atoms with Gasteiger partial charge in [-0.2, -0.15) is 0 Å². The Morgan fingerprint density at radius 2 is 1.71 bits per heavy atom. The first-order chi connectivity index (χ1) is 16.4. The number of rotatable bonds is 5. The summed E-state index contributed by atoms with van der Waals surface area (Å²) in [5.74, 6) is -0.873. The van der Waals surface area contributed by atoms with E-state index < -0.39 is 11.7 Å². The molecule has 1 aromatic heterocycles. The van der Waals surface area contributed by atoms with Crippen LogP contribution < -0.4 is 0 Å². The number of nitrogens with zero attached hydrogens (tertiary/aromatic N) is 2. The highest BCUT2D eigenvalue weighted by atomic mass is 35.5. The number of benzene rings is 3. The van der Waals surface area contributed by atoms with Gasteiger partial charge in [0.15, 0.2) is 0 Å². The predicted octanol–water partition coefficient (Wildman–Crippen LogP) is 7.37. The Kier molecular flexibility index (Phi) is 6.21. The Labute approximate surface area is 209 Å². The van der Waals surface area contributed by atoms with Crippen LogP contribution in [0.5, 0.6) is 0 Å². The summed E-state index contributed by atoms with van der Waals surface area (Å²) in [7, 11) is 0. The molecule has 0 spiro atoms. The molecule has 0 atom stereocenters. The van der Waals surface area contributed by atoms with Crippen LogP contribution in [0.15, 0.2) is 77.8 Å². The molecule has 1 saturated heterocycles. The molecule has 2 heterocycles. The molecule has 1 aliphatic rings. The van der Waals surface area contributed by atoms with Gasteiger partial charge in [-0.1, -0.05) is 59.6 Å². The Bertz CT molecular complexity index is 1460. The second kappa shape index (κ2) is 9.29. The predicted molar refractivity (Wildman–Crippen MR) is 135 cm³/mol. The van der Waals surface area contributed by atoms with Gasteiger partial charge in [0.25, 0.3) is 11.1 Å². The molecule has 170 valence electrons. The van der Waals surface area contributed by atoms with Crippen LogP contribution in [0.4, 0.5) is 9.18 Å². The summed E-state index contributed by atoms with van der Waals surface area (Å²) in [6.45, 7) is 0.621. The number of thioether (sulfide) groups is 1. The maximum absolute atomic E-state index is 13.4. The van der Waals surface area contributed by atoms with Crippen LogP contribution in [0.1, 0.15) is 16.7 Å². The van der Waals surface area contributed by atoms with E-state index in [-0.39, 0.29) is 16.8 Å². The van der Waals surface area contributed by atoms with Crippen molar-refractivity contribution in [3.05, 3.63) is 110 Å². The number of carbonyl (C=O) groups excluding carboxylic acids is 2. The number of para-hydroxylation sites is 1. The first kappa shape index (κ1) is 22.7. The lowest BCUT2D eigenvalue weighted by atomic mass is 10.1. The normalized spacial score (nSPS) is 15.1. The van der Waals surface area contributed by atoms with Crippen LogP contribution >= 0.6 is 35.0 Å². The third-order valence-corrected chi connectivity index (χ3v) is 7.10. The third-order valence-electron chi connectivity index (χ3n) is 5.59. The second-order valence-corrected chi connectivity index (χ2v) is 9.70. The molecule has 0 bridgehead atoms. The van der Waals surface area contributed by atoms with Crippen LogP contribution in [-0.2, 0) is 17.9 Å². The Balaban J connectivity index is 1.45. The first-order valence-electron chi connectivity index (χ1n) is 10.4. The summed E-state index contributed by atoms with van der Waals surface area (Å²) in [6, 6.07) is 19.5. The molecule has 34 heavy (non-hydrogen) atoms. The van der Waals surface area contributed by atoms with Crippen LogP contribution in [0.2, 0.25) is 10.0 Å². The Hall–Kier alpha value is -3.06. The summed E-state index contributed by atoms with van der Waals surface area (Å²) in [5, 5.41) is 1.44. The Morgan fingerprint density at radius 1 is 0.941 bits per heavy atom. The monoisotopic (exact) mass is 510 g/mol. The van der Waals surface area contributed by atoms with Crippen molar-refractivity contribution in [3.63, 3.8) is 0 Å². The highest BCUT2D eigenvalue weighted by Crippen LogP contribution is 2.36. The van der Waals surface area contributed by atoms with Gasteiger partial charge in [0.05, 0.1) is 11.4 Å². The zero-order valence-corrected chi connectivity index (χ0v) is 20.0. The molecule has 4 aromatic rings. The topological polar surface area (TPSA) is 42.3 Å². The molecule has 0 N–H and O–H groups in total. The molecule has 8 heteroatoms. The maximum atomic E-state index is 13.4. The minimum absolute atomic E-state index is 0.0144. The van der Waals surface area contributed by atoms with E-state index in [1.165, 1.54) is 18.2 Å². The molecule has 1 aliphatic heterocycles. The van der Waals surface area contributed by atoms with Crippen LogP contribution in [0.25, 0.3) is 17.0 Å². The molecule has 1 fully saturated rings. The molecule has 0 saturated carbocycles. The average molecular weight is 511 g/mol. The summed E-state index contributed by atoms with van der Waals surface area (Å²) in [5.41, 5.74) is 3.45. The van der Waals surface area contributed by atoms with Gasteiger partial charge in [0, 0.05) is 39.3 Å². The van der Waals surface area contributed by atoms with Gasteiger partial charge in [0.1, 0.15) is 5.82 Å². The van der Waals surface area contributed by atoms with E-state index in [1.54, 1.807) is 6.08 Å². The number of carbonyl (C=O) groups is 2. The Morgan fingerprint density at radius 3 is 2.47 bits per heavy atom. The van der Waals surface area contributed by atoms with Crippen molar-refractivity contribution in [2.75, 3.05) is 0 Å². The van der Waals surface area contributed by atoms with Gasteiger partial charge < -0.3 is 4.57 Å². The molecule has 0 unspecified atom stereocenters. The van der Waals surface area contributed by atoms with E-state index in [9.17, 15) is 14.0 Å². The van der Waals surface area contributed by atoms with E-state index in [0.29, 0.717) is 22.0 Å². The van der Waals surface area contributed by atoms with Crippen LogP contribution in [-0.4, -0.2) is 20.6 Å². The quantitative estimate of drug-likeness (QED) is 0.263. The summed E-state index contributed by atoms with van der Waals surface area (Å²) in [4.78, 5) is 27.1. The SMILES string of the molecule is O=C1S/C(=C\c2cn(Cc3ccc(Cl)cc3)c3ccccc23)C(=O)N1Cc1ccc(F)cc1Cl. The number of halogens is 3. The van der Waals surface area contributed by atoms with E-state index >= 15 is 0 Å². The summed E-state index contributed by atoms with van der Waals surface area (Å²) >= 11 is 13.0. The minimum Gasteiger partial charge on any atom is -0.342 e. The smallest absolute Gasteiger partial charge is 0.293 e. The van der Waals surface area contributed by atoms with Crippen molar-refractivity contribution in [1.29, 1.82) is 0 Å². The number of amides is 2. The van der Waals surface area contributed by atoms with E-state index in [0.717, 1.165) is 38.7 Å². The average Bonchev–Trinajstić information content (AvgIpc) is 3.29. The molecule has 2 amide bonds. The molecule has 4 nitrogen and oxygen atoms in total.